The molecule has 21 heavy (non-hydrogen) atoms. The van der Waals surface area contributed by atoms with Gasteiger partial charge in [-0.3, -0.25) is 0 Å². The van der Waals surface area contributed by atoms with Crippen LogP contribution in [0.2, 0.25) is 0 Å². The minimum absolute atomic E-state index is 0.771. The standard InChI is InChI=1S/C15H10AsN3S2/c16-14-10-7-9(11-3-1-5-20-11)13(12-4-2-6-21-12)19-15(10)18-8-17-14/h1-8H,16H2. The summed E-state index contributed by atoms with van der Waals surface area (Å²) in [6.07, 6.45) is 1.59. The summed E-state index contributed by atoms with van der Waals surface area (Å²) in [6, 6.07) is 10.5. The Morgan fingerprint density at radius 1 is 0.952 bits per heavy atom. The zero-order valence-corrected chi connectivity index (χ0v) is 14.9. The van der Waals surface area contributed by atoms with Crippen LogP contribution < -0.4 is 4.48 Å². The topological polar surface area (TPSA) is 38.7 Å². The van der Waals surface area contributed by atoms with Gasteiger partial charge in [0.2, 0.25) is 0 Å². The Bertz CT molecular complexity index is 902. The SMILES string of the molecule is [AsH2]c1ncnc2nc(-c3cccs3)c(-c3cccs3)cc12. The van der Waals surface area contributed by atoms with Gasteiger partial charge in [0, 0.05) is 0 Å². The second-order valence-corrected chi connectivity index (χ2v) is 7.51. The van der Waals surface area contributed by atoms with Gasteiger partial charge in [0.15, 0.2) is 0 Å². The van der Waals surface area contributed by atoms with Crippen molar-refractivity contribution >= 4 is 55.0 Å². The molecule has 4 aromatic heterocycles. The molecule has 0 fully saturated rings. The molecule has 0 aliphatic carbocycles. The number of thiophene rings is 2. The molecule has 0 N–H and O–H groups in total. The number of fused-ring (bicyclic) bond motifs is 1. The van der Waals surface area contributed by atoms with Crippen LogP contribution in [0.15, 0.2) is 47.4 Å². The predicted octanol–water partition coefficient (Wildman–Crippen LogP) is 2.74. The van der Waals surface area contributed by atoms with E-state index >= 15 is 0 Å². The van der Waals surface area contributed by atoms with Crippen molar-refractivity contribution in [2.45, 2.75) is 0 Å². The molecule has 0 radical (unpaired) electrons. The molecular weight excluding hydrogens is 361 g/mol. The zero-order chi connectivity index (χ0) is 14.2. The van der Waals surface area contributed by atoms with Crippen LogP contribution in [-0.2, 0) is 0 Å². The molecule has 0 saturated heterocycles. The number of hydrogen-bond donors (Lipinski definition) is 0. The van der Waals surface area contributed by atoms with Gasteiger partial charge in [0.05, 0.1) is 0 Å². The third-order valence-corrected chi connectivity index (χ3v) is 5.94. The van der Waals surface area contributed by atoms with Crippen molar-refractivity contribution in [1.82, 2.24) is 15.0 Å². The van der Waals surface area contributed by atoms with Gasteiger partial charge in [0.1, 0.15) is 0 Å². The van der Waals surface area contributed by atoms with Gasteiger partial charge in [-0.15, -0.1) is 0 Å². The predicted molar refractivity (Wildman–Crippen MR) is 92.1 cm³/mol. The second-order valence-electron chi connectivity index (χ2n) is 4.47. The fourth-order valence-corrected chi connectivity index (χ4v) is 4.28. The molecule has 0 bridgehead atoms. The van der Waals surface area contributed by atoms with Crippen LogP contribution in [0.3, 0.4) is 0 Å². The summed E-state index contributed by atoms with van der Waals surface area (Å²) in [5.41, 5.74) is 2.94. The van der Waals surface area contributed by atoms with Gasteiger partial charge >= 0.3 is 138 Å². The molecule has 0 aliphatic rings. The quantitative estimate of drug-likeness (QED) is 0.509. The van der Waals surface area contributed by atoms with Crippen molar-refractivity contribution in [3.63, 3.8) is 0 Å². The van der Waals surface area contributed by atoms with E-state index in [4.69, 9.17) is 4.98 Å². The first-order chi connectivity index (χ1) is 10.3. The third kappa shape index (κ3) is 2.31. The first kappa shape index (κ1) is 13.1. The van der Waals surface area contributed by atoms with Crippen LogP contribution in [0.4, 0.5) is 0 Å². The van der Waals surface area contributed by atoms with Gasteiger partial charge in [-0.2, -0.15) is 0 Å². The Kier molecular flexibility index (Phi) is 3.34. The molecular formula is C15H10AsN3S2. The van der Waals surface area contributed by atoms with E-state index < -0.39 is 0 Å². The van der Waals surface area contributed by atoms with E-state index in [2.05, 4.69) is 51.1 Å². The number of pyridine rings is 1. The maximum absolute atomic E-state index is 4.81. The number of rotatable bonds is 2. The van der Waals surface area contributed by atoms with Crippen molar-refractivity contribution < 1.29 is 0 Å². The second kappa shape index (κ2) is 5.33. The van der Waals surface area contributed by atoms with E-state index in [1.165, 1.54) is 26.6 Å². The average molecular weight is 371 g/mol. The fraction of sp³-hybridized carbons (Fsp3) is 0. The van der Waals surface area contributed by atoms with E-state index in [0.29, 0.717) is 0 Å². The molecule has 102 valence electrons. The van der Waals surface area contributed by atoms with Crippen LogP contribution >= 0.6 is 22.7 Å². The first-order valence-corrected chi connectivity index (χ1v) is 9.29. The van der Waals surface area contributed by atoms with Gasteiger partial charge in [-0.25, -0.2) is 0 Å². The fourth-order valence-electron chi connectivity index (χ4n) is 2.23. The monoisotopic (exact) mass is 371 g/mol. The summed E-state index contributed by atoms with van der Waals surface area (Å²) < 4.78 is 1.02. The summed E-state index contributed by atoms with van der Waals surface area (Å²) in [6.45, 7) is 0. The van der Waals surface area contributed by atoms with Crippen molar-refractivity contribution in [1.29, 1.82) is 0 Å². The zero-order valence-electron chi connectivity index (χ0n) is 10.9. The molecule has 4 heterocycles. The molecule has 4 aromatic rings. The summed E-state index contributed by atoms with van der Waals surface area (Å²) in [5.74, 6) is 0. The van der Waals surface area contributed by atoms with Crippen molar-refractivity contribution in [3.8, 4) is 21.0 Å². The Morgan fingerprint density at radius 3 is 2.43 bits per heavy atom. The van der Waals surface area contributed by atoms with Gasteiger partial charge in [-0.05, 0) is 0 Å². The Balaban J connectivity index is 2.08. The summed E-state index contributed by atoms with van der Waals surface area (Å²) >= 11 is 4.93. The molecule has 0 saturated carbocycles. The Morgan fingerprint density at radius 2 is 1.71 bits per heavy atom. The van der Waals surface area contributed by atoms with E-state index in [0.717, 1.165) is 26.8 Å². The van der Waals surface area contributed by atoms with Gasteiger partial charge in [-0.1, -0.05) is 0 Å². The van der Waals surface area contributed by atoms with Crippen molar-refractivity contribution in [3.05, 3.63) is 47.4 Å². The molecule has 3 nitrogen and oxygen atoms in total. The minimum atomic E-state index is 0.771. The van der Waals surface area contributed by atoms with Crippen LogP contribution in [0, 0.1) is 0 Å². The molecule has 4 rings (SSSR count). The molecule has 6 heteroatoms. The van der Waals surface area contributed by atoms with Crippen molar-refractivity contribution in [2.75, 3.05) is 0 Å². The molecule has 1 atom stereocenters. The molecule has 0 spiro atoms. The number of hydrogen-bond acceptors (Lipinski definition) is 5. The van der Waals surface area contributed by atoms with Crippen molar-refractivity contribution in [2.24, 2.45) is 0 Å². The summed E-state index contributed by atoms with van der Waals surface area (Å²) in [5, 5.41) is 5.21. The van der Waals surface area contributed by atoms with E-state index in [1.54, 1.807) is 29.0 Å². The molecule has 0 aliphatic heterocycles. The molecule has 0 amide bonds. The normalized spacial score (nSPS) is 11.1. The maximum atomic E-state index is 4.81. The van der Waals surface area contributed by atoms with E-state index in [9.17, 15) is 0 Å². The number of aromatic nitrogens is 3. The third-order valence-electron chi connectivity index (χ3n) is 3.20. The number of nitrogens with zero attached hydrogens (tertiary/aromatic N) is 3. The molecule has 0 aromatic carbocycles. The summed E-state index contributed by atoms with van der Waals surface area (Å²) in [4.78, 5) is 15.8. The Hall–Kier alpha value is -1.55. The van der Waals surface area contributed by atoms with Gasteiger partial charge < -0.3 is 0 Å². The van der Waals surface area contributed by atoms with E-state index in [1.807, 2.05) is 0 Å². The average Bonchev–Trinajstić information content (AvgIpc) is 3.20. The summed E-state index contributed by atoms with van der Waals surface area (Å²) in [7, 11) is 0. The Labute approximate surface area is 138 Å². The molecule has 1 unspecified atom stereocenters. The van der Waals surface area contributed by atoms with Crippen LogP contribution in [0.25, 0.3) is 32.0 Å². The van der Waals surface area contributed by atoms with Gasteiger partial charge in [0.25, 0.3) is 0 Å². The van der Waals surface area contributed by atoms with Crippen LogP contribution in [0.1, 0.15) is 0 Å². The first-order valence-electron chi connectivity index (χ1n) is 6.32. The van der Waals surface area contributed by atoms with Crippen LogP contribution in [0.5, 0.6) is 0 Å². The van der Waals surface area contributed by atoms with Crippen LogP contribution in [-0.4, -0.2) is 31.8 Å². The van der Waals surface area contributed by atoms with E-state index in [-0.39, 0.29) is 0 Å².